The van der Waals surface area contributed by atoms with Gasteiger partial charge < -0.3 is 20.2 Å². The second-order valence-corrected chi connectivity index (χ2v) is 6.09. The van der Waals surface area contributed by atoms with Gasteiger partial charge in [0.25, 0.3) is 0 Å². The Bertz CT molecular complexity index is 778. The van der Waals surface area contributed by atoms with Crippen molar-refractivity contribution in [3.05, 3.63) is 54.1 Å². The van der Waals surface area contributed by atoms with E-state index in [2.05, 4.69) is 17.0 Å². The molecule has 1 fully saturated rings. The van der Waals surface area contributed by atoms with E-state index in [1.54, 1.807) is 0 Å². The molecule has 1 aliphatic heterocycles. The zero-order valence-electron chi connectivity index (χ0n) is 14.5. The number of nitrogens with zero attached hydrogens (tertiary/aromatic N) is 1. The van der Waals surface area contributed by atoms with Gasteiger partial charge in [-0.1, -0.05) is 30.3 Å². The summed E-state index contributed by atoms with van der Waals surface area (Å²) in [5.74, 6) is -2.08. The summed E-state index contributed by atoms with van der Waals surface area (Å²) in [5, 5.41) is 28.1. The molecule has 0 bridgehead atoms. The number of carboxylic acid groups (broad SMARTS) is 2. The van der Waals surface area contributed by atoms with Crippen molar-refractivity contribution in [2.45, 2.75) is 19.3 Å². The number of benzene rings is 2. The number of aromatic hydroxyl groups is 1. The molecule has 2 aromatic rings. The van der Waals surface area contributed by atoms with E-state index in [4.69, 9.17) is 10.2 Å². The van der Waals surface area contributed by atoms with Crippen molar-refractivity contribution < 1.29 is 24.9 Å². The summed E-state index contributed by atoms with van der Waals surface area (Å²) in [7, 11) is 0. The highest BCUT2D eigenvalue weighted by Crippen LogP contribution is 2.27. The van der Waals surface area contributed by atoms with Gasteiger partial charge in [0.1, 0.15) is 5.75 Å². The van der Waals surface area contributed by atoms with Crippen molar-refractivity contribution in [2.24, 2.45) is 0 Å². The van der Waals surface area contributed by atoms with Crippen LogP contribution in [-0.4, -0.2) is 51.8 Å². The summed E-state index contributed by atoms with van der Waals surface area (Å²) >= 11 is 0. The lowest BCUT2D eigenvalue weighted by Gasteiger charge is -2.16. The fraction of sp³-hybridized carbons (Fsp3) is 0.300. The van der Waals surface area contributed by atoms with E-state index in [0.29, 0.717) is 17.9 Å². The lowest BCUT2D eigenvalue weighted by atomic mass is 10.0. The number of hydrogen-bond acceptors (Lipinski definition) is 4. The first kappa shape index (κ1) is 19.5. The maximum atomic E-state index is 10.1. The summed E-state index contributed by atoms with van der Waals surface area (Å²) in [6, 6.07) is 12.1. The number of carbonyl (C=O) groups is 2. The Kier molecular flexibility index (Phi) is 7.17. The minimum Gasteiger partial charge on any atom is -0.508 e. The van der Waals surface area contributed by atoms with Crippen molar-refractivity contribution in [1.29, 1.82) is 0 Å². The van der Waals surface area contributed by atoms with Gasteiger partial charge in [-0.3, -0.25) is 0 Å². The molecule has 0 aliphatic carbocycles. The number of carboxylic acids is 2. The van der Waals surface area contributed by atoms with E-state index >= 15 is 0 Å². The molecule has 0 spiro atoms. The zero-order chi connectivity index (χ0) is 18.9. The number of hydrogen-bond donors (Lipinski definition) is 3. The van der Waals surface area contributed by atoms with Gasteiger partial charge in [0.05, 0.1) is 0 Å². The van der Waals surface area contributed by atoms with Crippen molar-refractivity contribution >= 4 is 22.7 Å². The van der Waals surface area contributed by atoms with Gasteiger partial charge in [-0.15, -0.1) is 0 Å². The highest BCUT2D eigenvalue weighted by molar-refractivity contribution is 5.89. The van der Waals surface area contributed by atoms with Crippen LogP contribution in [-0.2, 0) is 16.0 Å². The molecule has 1 heterocycles. The van der Waals surface area contributed by atoms with E-state index in [9.17, 15) is 14.7 Å². The van der Waals surface area contributed by atoms with E-state index in [0.717, 1.165) is 18.5 Å². The molecule has 0 atom stereocenters. The first-order chi connectivity index (χ1) is 12.5. The molecule has 6 nitrogen and oxygen atoms in total. The Morgan fingerprint density at radius 3 is 2.19 bits per heavy atom. The Hall–Kier alpha value is -2.86. The summed E-state index contributed by atoms with van der Waals surface area (Å²) in [5.41, 5.74) is 1.10. The number of phenols is 1. The van der Waals surface area contributed by atoms with Crippen LogP contribution in [0.3, 0.4) is 0 Å². The maximum Gasteiger partial charge on any atom is 0.328 e. The molecule has 1 saturated heterocycles. The number of rotatable bonds is 5. The lowest BCUT2D eigenvalue weighted by Crippen LogP contribution is -2.22. The molecule has 2 aromatic carbocycles. The largest absolute Gasteiger partial charge is 0.508 e. The van der Waals surface area contributed by atoms with Gasteiger partial charge in [0.15, 0.2) is 0 Å². The van der Waals surface area contributed by atoms with Gasteiger partial charge >= 0.3 is 11.9 Å². The van der Waals surface area contributed by atoms with Crippen LogP contribution < -0.4 is 0 Å². The van der Waals surface area contributed by atoms with E-state index in [-0.39, 0.29) is 0 Å². The molecule has 6 heteroatoms. The Labute approximate surface area is 152 Å². The van der Waals surface area contributed by atoms with Crippen LogP contribution in [0.2, 0.25) is 0 Å². The van der Waals surface area contributed by atoms with Gasteiger partial charge in [-0.2, -0.15) is 0 Å². The third-order valence-electron chi connectivity index (χ3n) is 4.26. The molecule has 0 aromatic heterocycles. The lowest BCUT2D eigenvalue weighted by molar-refractivity contribution is -0.134. The van der Waals surface area contributed by atoms with E-state index in [1.165, 1.54) is 36.7 Å². The first-order valence-electron chi connectivity index (χ1n) is 8.53. The monoisotopic (exact) mass is 357 g/mol. The van der Waals surface area contributed by atoms with Crippen molar-refractivity contribution in [2.75, 3.05) is 19.6 Å². The highest BCUT2D eigenvalue weighted by Gasteiger charge is 2.13. The maximum absolute atomic E-state index is 10.1. The average molecular weight is 357 g/mol. The van der Waals surface area contributed by atoms with Crippen LogP contribution in [0, 0.1) is 0 Å². The van der Waals surface area contributed by atoms with Crippen LogP contribution in [0.4, 0.5) is 0 Å². The first-order valence-corrected chi connectivity index (χ1v) is 8.53. The average Bonchev–Trinajstić information content (AvgIpc) is 3.13. The normalized spacial score (nSPS) is 14.3. The number of likely N-dealkylation sites (tertiary alicyclic amines) is 1. The Morgan fingerprint density at radius 1 is 0.962 bits per heavy atom. The number of fused-ring (bicyclic) bond motifs is 1. The van der Waals surface area contributed by atoms with Gasteiger partial charge in [-0.05, 0) is 49.2 Å². The van der Waals surface area contributed by atoms with Crippen LogP contribution in [0.1, 0.15) is 18.4 Å². The third kappa shape index (κ3) is 5.89. The fourth-order valence-electron chi connectivity index (χ4n) is 3.01. The Balaban J connectivity index is 0.000000260. The summed E-state index contributed by atoms with van der Waals surface area (Å²) < 4.78 is 0. The second kappa shape index (κ2) is 9.58. The van der Waals surface area contributed by atoms with E-state index < -0.39 is 11.9 Å². The fourth-order valence-corrected chi connectivity index (χ4v) is 3.01. The molecular weight excluding hydrogens is 334 g/mol. The third-order valence-corrected chi connectivity index (χ3v) is 4.26. The summed E-state index contributed by atoms with van der Waals surface area (Å²) in [4.78, 5) is 21.6. The molecule has 0 saturated carbocycles. The molecule has 3 rings (SSSR count). The molecule has 0 unspecified atom stereocenters. The molecule has 3 N–H and O–H groups in total. The van der Waals surface area contributed by atoms with E-state index in [1.807, 2.05) is 24.3 Å². The topological polar surface area (TPSA) is 98.1 Å². The zero-order valence-corrected chi connectivity index (χ0v) is 14.5. The van der Waals surface area contributed by atoms with Crippen LogP contribution in [0.15, 0.2) is 48.6 Å². The molecule has 0 amide bonds. The predicted molar refractivity (Wildman–Crippen MR) is 99.4 cm³/mol. The minimum absolute atomic E-state index is 0.438. The predicted octanol–water partition coefficient (Wildman–Crippen LogP) is 2.90. The highest BCUT2D eigenvalue weighted by atomic mass is 16.4. The van der Waals surface area contributed by atoms with Crippen LogP contribution in [0.5, 0.6) is 5.75 Å². The summed E-state index contributed by atoms with van der Waals surface area (Å²) in [6.07, 6.45) is 4.70. The van der Waals surface area contributed by atoms with Crippen molar-refractivity contribution in [3.63, 3.8) is 0 Å². The van der Waals surface area contributed by atoms with Crippen molar-refractivity contribution in [3.8, 4) is 5.75 Å². The Morgan fingerprint density at radius 2 is 1.58 bits per heavy atom. The van der Waals surface area contributed by atoms with Gasteiger partial charge in [-0.25, -0.2) is 9.59 Å². The van der Waals surface area contributed by atoms with Crippen molar-refractivity contribution in [1.82, 2.24) is 4.90 Å². The SMILES string of the molecule is O=C(O)/C=C/C(=O)O.Oc1ccc2ccccc2c1CCN1CCCC1. The molecule has 1 aliphatic rings. The van der Waals surface area contributed by atoms with Gasteiger partial charge in [0.2, 0.25) is 0 Å². The number of phenolic OH excluding ortho intramolecular Hbond substituents is 1. The van der Waals surface area contributed by atoms with Crippen LogP contribution in [0.25, 0.3) is 10.8 Å². The molecule has 138 valence electrons. The minimum atomic E-state index is -1.26. The summed E-state index contributed by atoms with van der Waals surface area (Å²) in [6.45, 7) is 3.48. The standard InChI is InChI=1S/C16H19NO.C4H4O4/c18-16-8-7-13-5-1-2-6-14(13)15(16)9-12-17-10-3-4-11-17;5-3(6)1-2-4(7)8/h1-2,5-8,18H,3-4,9-12H2;1-2H,(H,5,6)(H,7,8)/b;2-1+. The quantitative estimate of drug-likeness (QED) is 0.712. The molecule has 0 radical (unpaired) electrons. The van der Waals surface area contributed by atoms with Crippen LogP contribution >= 0.6 is 0 Å². The molecular formula is C20H23NO5. The molecule has 26 heavy (non-hydrogen) atoms. The van der Waals surface area contributed by atoms with Gasteiger partial charge in [0, 0.05) is 24.3 Å². The smallest absolute Gasteiger partial charge is 0.328 e. The number of aliphatic carboxylic acids is 2. The second-order valence-electron chi connectivity index (χ2n) is 6.09.